The molecular formula is C19H18FN5O4. The molecule has 0 aliphatic rings. The van der Waals surface area contributed by atoms with Crippen LogP contribution in [0, 0.1) is 5.82 Å². The summed E-state index contributed by atoms with van der Waals surface area (Å²) in [6.45, 7) is 0.428. The predicted octanol–water partition coefficient (Wildman–Crippen LogP) is 0.106. The summed E-state index contributed by atoms with van der Waals surface area (Å²) in [5.74, 6) is -0.681. The summed E-state index contributed by atoms with van der Waals surface area (Å²) in [6.07, 6.45) is 1.35. The summed E-state index contributed by atoms with van der Waals surface area (Å²) >= 11 is 0. The van der Waals surface area contributed by atoms with E-state index in [0.29, 0.717) is 11.3 Å². The fraction of sp³-hybridized carbons (Fsp3) is 0.211. The third kappa shape index (κ3) is 5.34. The molecule has 2 N–H and O–H groups in total. The number of aromatic amines is 1. The molecule has 2 heterocycles. The average molecular weight is 399 g/mol. The molecule has 1 aromatic carbocycles. The van der Waals surface area contributed by atoms with Crippen molar-refractivity contribution in [3.8, 4) is 11.3 Å². The first-order valence-corrected chi connectivity index (χ1v) is 8.83. The van der Waals surface area contributed by atoms with Crippen LogP contribution in [-0.4, -0.2) is 31.8 Å². The molecule has 0 aliphatic carbocycles. The SMILES string of the molecule is O=C(CCn1ccc(=O)[nH]c1=O)NCCn1nc(-c2ccc(F)cc2)ccc1=O. The van der Waals surface area contributed by atoms with Gasteiger partial charge in [-0.2, -0.15) is 5.10 Å². The lowest BCUT2D eigenvalue weighted by Crippen LogP contribution is -2.34. The van der Waals surface area contributed by atoms with Gasteiger partial charge in [0, 0.05) is 43.4 Å². The zero-order chi connectivity index (χ0) is 20.8. The van der Waals surface area contributed by atoms with E-state index >= 15 is 0 Å². The van der Waals surface area contributed by atoms with Gasteiger partial charge in [0.05, 0.1) is 12.2 Å². The maximum atomic E-state index is 13.0. The first kappa shape index (κ1) is 19.9. The molecule has 150 valence electrons. The highest BCUT2D eigenvalue weighted by molar-refractivity contribution is 5.75. The zero-order valence-corrected chi connectivity index (χ0v) is 15.3. The predicted molar refractivity (Wildman–Crippen MR) is 103 cm³/mol. The molecule has 0 unspecified atom stereocenters. The number of aromatic nitrogens is 4. The van der Waals surface area contributed by atoms with E-state index in [0.717, 1.165) is 0 Å². The highest BCUT2D eigenvalue weighted by Gasteiger charge is 2.06. The first-order chi connectivity index (χ1) is 13.9. The first-order valence-electron chi connectivity index (χ1n) is 8.83. The lowest BCUT2D eigenvalue weighted by molar-refractivity contribution is -0.121. The molecule has 0 atom stereocenters. The normalized spacial score (nSPS) is 10.7. The van der Waals surface area contributed by atoms with Crippen molar-refractivity contribution in [2.75, 3.05) is 6.54 Å². The number of halogens is 1. The van der Waals surface area contributed by atoms with Crippen molar-refractivity contribution < 1.29 is 9.18 Å². The quantitative estimate of drug-likeness (QED) is 0.584. The van der Waals surface area contributed by atoms with Crippen LogP contribution in [0.5, 0.6) is 0 Å². The van der Waals surface area contributed by atoms with E-state index in [-0.39, 0.29) is 43.3 Å². The van der Waals surface area contributed by atoms with E-state index in [2.05, 4.69) is 15.4 Å². The van der Waals surface area contributed by atoms with E-state index in [1.165, 1.54) is 39.7 Å². The minimum absolute atomic E-state index is 0.0316. The third-order valence-electron chi connectivity index (χ3n) is 4.13. The molecular weight excluding hydrogens is 381 g/mol. The Morgan fingerprint density at radius 2 is 1.79 bits per heavy atom. The summed E-state index contributed by atoms with van der Waals surface area (Å²) in [4.78, 5) is 48.6. The van der Waals surface area contributed by atoms with Crippen LogP contribution in [0.25, 0.3) is 11.3 Å². The molecule has 0 saturated heterocycles. The molecule has 1 amide bonds. The molecule has 9 nitrogen and oxygen atoms in total. The van der Waals surface area contributed by atoms with Crippen molar-refractivity contribution in [1.29, 1.82) is 0 Å². The van der Waals surface area contributed by atoms with Crippen molar-refractivity contribution in [1.82, 2.24) is 24.6 Å². The molecule has 0 radical (unpaired) electrons. The van der Waals surface area contributed by atoms with Crippen LogP contribution in [0.2, 0.25) is 0 Å². The lowest BCUT2D eigenvalue weighted by atomic mass is 10.1. The smallest absolute Gasteiger partial charge is 0.328 e. The second-order valence-electron chi connectivity index (χ2n) is 6.19. The number of hydrogen-bond acceptors (Lipinski definition) is 5. The van der Waals surface area contributed by atoms with Gasteiger partial charge in [-0.25, -0.2) is 13.9 Å². The summed E-state index contributed by atoms with van der Waals surface area (Å²) < 4.78 is 15.5. The summed E-state index contributed by atoms with van der Waals surface area (Å²) in [7, 11) is 0. The number of benzene rings is 1. The summed E-state index contributed by atoms with van der Waals surface area (Å²) in [5.41, 5.74) is -0.246. The van der Waals surface area contributed by atoms with Gasteiger partial charge < -0.3 is 9.88 Å². The fourth-order valence-corrected chi connectivity index (χ4v) is 2.62. The number of amides is 1. The van der Waals surface area contributed by atoms with Crippen LogP contribution in [0.15, 0.2) is 63.0 Å². The number of aryl methyl sites for hydroxylation is 1. The highest BCUT2D eigenvalue weighted by Crippen LogP contribution is 2.15. The molecule has 0 fully saturated rings. The lowest BCUT2D eigenvalue weighted by Gasteiger charge is -2.09. The summed E-state index contributed by atoms with van der Waals surface area (Å²) in [5, 5.41) is 6.88. The van der Waals surface area contributed by atoms with Crippen molar-refractivity contribution >= 4 is 5.91 Å². The van der Waals surface area contributed by atoms with E-state index in [1.807, 2.05) is 0 Å². The van der Waals surface area contributed by atoms with Crippen LogP contribution in [-0.2, 0) is 17.9 Å². The van der Waals surface area contributed by atoms with Gasteiger partial charge in [-0.15, -0.1) is 0 Å². The molecule has 0 bridgehead atoms. The van der Waals surface area contributed by atoms with Crippen molar-refractivity contribution in [2.24, 2.45) is 0 Å². The van der Waals surface area contributed by atoms with Gasteiger partial charge in [0.25, 0.3) is 11.1 Å². The number of carbonyl (C=O) groups excluding carboxylic acids is 1. The minimum atomic E-state index is -0.585. The van der Waals surface area contributed by atoms with Crippen molar-refractivity contribution in [3.05, 3.63) is 85.7 Å². The average Bonchev–Trinajstić information content (AvgIpc) is 2.69. The Morgan fingerprint density at radius 1 is 1.03 bits per heavy atom. The van der Waals surface area contributed by atoms with E-state index in [9.17, 15) is 23.6 Å². The largest absolute Gasteiger partial charge is 0.354 e. The Hall–Kier alpha value is -3.82. The standard InChI is InChI=1S/C19H18FN5O4/c20-14-3-1-13(2-4-14)15-5-6-18(28)25(23-15)12-9-21-16(26)7-10-24-11-8-17(27)22-19(24)29/h1-6,8,11H,7,9-10,12H2,(H,21,26)(H,22,27,29). The molecule has 10 heteroatoms. The zero-order valence-electron chi connectivity index (χ0n) is 15.3. The van der Waals surface area contributed by atoms with Gasteiger partial charge in [0.2, 0.25) is 5.91 Å². The molecule has 29 heavy (non-hydrogen) atoms. The Balaban J connectivity index is 1.55. The topological polar surface area (TPSA) is 119 Å². The number of hydrogen-bond donors (Lipinski definition) is 2. The second kappa shape index (κ2) is 8.91. The van der Waals surface area contributed by atoms with Gasteiger partial charge >= 0.3 is 5.69 Å². The Kier molecular flexibility index (Phi) is 6.12. The maximum Gasteiger partial charge on any atom is 0.328 e. The van der Waals surface area contributed by atoms with E-state index in [1.54, 1.807) is 18.2 Å². The number of rotatable bonds is 7. The van der Waals surface area contributed by atoms with Crippen LogP contribution >= 0.6 is 0 Å². The number of H-pyrrole nitrogens is 1. The van der Waals surface area contributed by atoms with Gasteiger partial charge in [-0.05, 0) is 30.3 Å². The number of carbonyl (C=O) groups is 1. The third-order valence-corrected chi connectivity index (χ3v) is 4.13. The minimum Gasteiger partial charge on any atom is -0.354 e. The Bertz CT molecular complexity index is 1180. The number of nitrogens with one attached hydrogen (secondary N) is 2. The maximum absolute atomic E-state index is 13.0. The molecule has 0 saturated carbocycles. The van der Waals surface area contributed by atoms with Crippen LogP contribution < -0.4 is 22.1 Å². The Labute approximate surface area is 163 Å². The molecule has 0 spiro atoms. The van der Waals surface area contributed by atoms with Crippen LogP contribution in [0.4, 0.5) is 4.39 Å². The van der Waals surface area contributed by atoms with Gasteiger partial charge in [0.15, 0.2) is 0 Å². The van der Waals surface area contributed by atoms with Crippen molar-refractivity contribution in [2.45, 2.75) is 19.5 Å². The van der Waals surface area contributed by atoms with E-state index in [4.69, 9.17) is 0 Å². The molecule has 3 rings (SSSR count). The van der Waals surface area contributed by atoms with Gasteiger partial charge in [-0.1, -0.05) is 0 Å². The van der Waals surface area contributed by atoms with Crippen LogP contribution in [0.1, 0.15) is 6.42 Å². The molecule has 2 aromatic heterocycles. The second-order valence-corrected chi connectivity index (χ2v) is 6.19. The fourth-order valence-electron chi connectivity index (χ4n) is 2.62. The van der Waals surface area contributed by atoms with Gasteiger partial charge in [0.1, 0.15) is 5.82 Å². The monoisotopic (exact) mass is 399 g/mol. The van der Waals surface area contributed by atoms with E-state index < -0.39 is 11.2 Å². The van der Waals surface area contributed by atoms with Gasteiger partial charge in [-0.3, -0.25) is 19.4 Å². The highest BCUT2D eigenvalue weighted by atomic mass is 19.1. The summed E-state index contributed by atoms with van der Waals surface area (Å²) in [6, 6.07) is 9.84. The van der Waals surface area contributed by atoms with Crippen LogP contribution in [0.3, 0.4) is 0 Å². The van der Waals surface area contributed by atoms with Crippen molar-refractivity contribution in [3.63, 3.8) is 0 Å². The Morgan fingerprint density at radius 3 is 2.52 bits per heavy atom. The molecule has 0 aliphatic heterocycles. The molecule has 3 aromatic rings. The number of nitrogens with zero attached hydrogens (tertiary/aromatic N) is 3.